The van der Waals surface area contributed by atoms with Crippen LogP contribution in [0.5, 0.6) is 0 Å². The molecule has 0 spiro atoms. The maximum Gasteiger partial charge on any atom is 0.341 e. The third-order valence-corrected chi connectivity index (χ3v) is 3.07. The molecule has 0 saturated carbocycles. The molecule has 1 aromatic carbocycles. The Morgan fingerprint density at radius 2 is 1.95 bits per heavy atom. The Morgan fingerprint density at radius 1 is 1.32 bits per heavy atom. The summed E-state index contributed by atoms with van der Waals surface area (Å²) in [6, 6.07) is 1.97. The van der Waals surface area contributed by atoms with Crippen molar-refractivity contribution in [3.63, 3.8) is 0 Å². The summed E-state index contributed by atoms with van der Waals surface area (Å²) in [5, 5.41) is 4.70. The lowest BCUT2D eigenvalue weighted by Gasteiger charge is -2.14. The number of anilines is 1. The summed E-state index contributed by atoms with van der Waals surface area (Å²) in [5.74, 6) is -1.65. The van der Waals surface area contributed by atoms with Gasteiger partial charge in [-0.25, -0.2) is 9.59 Å². The average molecular weight is 348 g/mol. The first kappa shape index (κ1) is 18.1. The van der Waals surface area contributed by atoms with Crippen LogP contribution in [0.2, 0.25) is 10.0 Å². The van der Waals surface area contributed by atoms with Gasteiger partial charge in [0.25, 0.3) is 5.91 Å². The molecule has 0 aliphatic carbocycles. The molecule has 1 atom stereocenters. The summed E-state index contributed by atoms with van der Waals surface area (Å²) in [6.45, 7) is 3.36. The van der Waals surface area contributed by atoms with Gasteiger partial charge < -0.3 is 15.8 Å². The van der Waals surface area contributed by atoms with Crippen LogP contribution in [0.15, 0.2) is 12.1 Å². The molecular formula is C13H15Cl2N3O4. The second-order valence-electron chi connectivity index (χ2n) is 4.25. The number of hydrogen-bond acceptors (Lipinski definition) is 5. The zero-order chi connectivity index (χ0) is 16.9. The predicted octanol–water partition coefficient (Wildman–Crippen LogP) is 1.97. The third kappa shape index (κ3) is 4.78. The zero-order valence-electron chi connectivity index (χ0n) is 11.9. The van der Waals surface area contributed by atoms with Crippen molar-refractivity contribution >= 4 is 46.8 Å². The maximum absolute atomic E-state index is 12.0. The van der Waals surface area contributed by atoms with Crippen LogP contribution >= 0.6 is 23.2 Å². The van der Waals surface area contributed by atoms with Gasteiger partial charge in [-0.2, -0.15) is 0 Å². The molecule has 0 aliphatic heterocycles. The Balaban J connectivity index is 2.76. The number of amides is 3. The molecule has 1 rings (SSSR count). The van der Waals surface area contributed by atoms with Crippen LogP contribution in [0.25, 0.3) is 0 Å². The number of urea groups is 1. The highest BCUT2D eigenvalue weighted by molar-refractivity contribution is 6.37. The lowest BCUT2D eigenvalue weighted by molar-refractivity contribution is -0.127. The maximum atomic E-state index is 12.0. The van der Waals surface area contributed by atoms with Crippen molar-refractivity contribution in [1.82, 2.24) is 10.6 Å². The number of halogens is 2. The zero-order valence-corrected chi connectivity index (χ0v) is 13.4. The van der Waals surface area contributed by atoms with E-state index in [-0.39, 0.29) is 21.3 Å². The van der Waals surface area contributed by atoms with E-state index in [2.05, 4.69) is 5.32 Å². The van der Waals surface area contributed by atoms with Gasteiger partial charge in [0, 0.05) is 11.6 Å². The van der Waals surface area contributed by atoms with E-state index < -0.39 is 24.0 Å². The fraction of sp³-hybridized carbons (Fsp3) is 0.308. The van der Waals surface area contributed by atoms with Crippen LogP contribution in [-0.4, -0.2) is 30.6 Å². The first-order valence-corrected chi connectivity index (χ1v) is 7.06. The quantitative estimate of drug-likeness (QED) is 0.569. The van der Waals surface area contributed by atoms with E-state index in [1.54, 1.807) is 6.92 Å². The molecule has 22 heavy (non-hydrogen) atoms. The summed E-state index contributed by atoms with van der Waals surface area (Å²) >= 11 is 11.6. The van der Waals surface area contributed by atoms with Crippen LogP contribution in [0.1, 0.15) is 24.2 Å². The lowest BCUT2D eigenvalue weighted by atomic mass is 10.2. The van der Waals surface area contributed by atoms with Crippen molar-refractivity contribution in [3.05, 3.63) is 27.7 Å². The first-order chi connectivity index (χ1) is 10.3. The summed E-state index contributed by atoms with van der Waals surface area (Å²) in [7, 11) is 0. The molecule has 0 unspecified atom stereocenters. The SMILES string of the molecule is CCNC(=O)NC(=O)[C@@H](C)OC(=O)c1cc(Cl)cc(Cl)c1N. The molecule has 120 valence electrons. The van der Waals surface area contributed by atoms with Gasteiger partial charge in [0.2, 0.25) is 0 Å². The second kappa shape index (κ2) is 7.86. The van der Waals surface area contributed by atoms with Crippen LogP contribution in [0.3, 0.4) is 0 Å². The number of carbonyl (C=O) groups is 3. The van der Waals surface area contributed by atoms with Crippen LogP contribution in [0.4, 0.5) is 10.5 Å². The highest BCUT2D eigenvalue weighted by Gasteiger charge is 2.22. The average Bonchev–Trinajstić information content (AvgIpc) is 2.42. The summed E-state index contributed by atoms with van der Waals surface area (Å²) in [6.07, 6.45) is -1.20. The van der Waals surface area contributed by atoms with E-state index in [4.69, 9.17) is 33.7 Å². The number of benzene rings is 1. The summed E-state index contributed by atoms with van der Waals surface area (Å²) < 4.78 is 4.94. The van der Waals surface area contributed by atoms with Crippen molar-refractivity contribution in [2.75, 3.05) is 12.3 Å². The molecule has 0 radical (unpaired) electrons. The number of esters is 1. The van der Waals surface area contributed by atoms with E-state index in [1.807, 2.05) is 5.32 Å². The van der Waals surface area contributed by atoms with Crippen molar-refractivity contribution in [2.24, 2.45) is 0 Å². The van der Waals surface area contributed by atoms with E-state index in [1.165, 1.54) is 19.1 Å². The number of nitrogens with two attached hydrogens (primary N) is 1. The Hall–Kier alpha value is -1.99. The summed E-state index contributed by atoms with van der Waals surface area (Å²) in [5.41, 5.74) is 5.60. The molecule has 4 N–H and O–H groups in total. The molecule has 0 aromatic heterocycles. The Kier molecular flexibility index (Phi) is 6.45. The summed E-state index contributed by atoms with van der Waals surface area (Å²) in [4.78, 5) is 34.9. The normalized spacial score (nSPS) is 11.5. The Bertz CT molecular complexity index is 607. The minimum atomic E-state index is -1.20. The number of ether oxygens (including phenoxy) is 1. The lowest BCUT2D eigenvalue weighted by Crippen LogP contribution is -2.44. The van der Waals surface area contributed by atoms with Gasteiger partial charge >= 0.3 is 12.0 Å². The van der Waals surface area contributed by atoms with Gasteiger partial charge in [0.05, 0.1) is 16.3 Å². The number of carbonyl (C=O) groups excluding carboxylic acids is 3. The molecule has 0 aliphatic rings. The van der Waals surface area contributed by atoms with Gasteiger partial charge in [-0.05, 0) is 26.0 Å². The Labute approximate surface area is 137 Å². The molecule has 0 heterocycles. The van der Waals surface area contributed by atoms with Crippen molar-refractivity contribution in [3.8, 4) is 0 Å². The smallest absolute Gasteiger partial charge is 0.341 e. The van der Waals surface area contributed by atoms with Gasteiger partial charge in [-0.15, -0.1) is 0 Å². The first-order valence-electron chi connectivity index (χ1n) is 6.30. The topological polar surface area (TPSA) is 111 Å². The van der Waals surface area contributed by atoms with Crippen molar-refractivity contribution < 1.29 is 19.1 Å². The molecule has 3 amide bonds. The van der Waals surface area contributed by atoms with Gasteiger partial charge in [0.1, 0.15) is 0 Å². The third-order valence-electron chi connectivity index (χ3n) is 2.54. The van der Waals surface area contributed by atoms with Gasteiger partial charge in [-0.3, -0.25) is 10.1 Å². The van der Waals surface area contributed by atoms with Crippen LogP contribution < -0.4 is 16.4 Å². The molecule has 9 heteroatoms. The van der Waals surface area contributed by atoms with Crippen LogP contribution in [-0.2, 0) is 9.53 Å². The molecule has 7 nitrogen and oxygen atoms in total. The highest BCUT2D eigenvalue weighted by atomic mass is 35.5. The second-order valence-corrected chi connectivity index (χ2v) is 5.09. The monoisotopic (exact) mass is 347 g/mol. The van der Waals surface area contributed by atoms with E-state index in [0.717, 1.165) is 0 Å². The predicted molar refractivity (Wildman–Crippen MR) is 83.0 cm³/mol. The molecule has 0 bridgehead atoms. The van der Waals surface area contributed by atoms with E-state index >= 15 is 0 Å². The number of hydrogen-bond donors (Lipinski definition) is 3. The van der Waals surface area contributed by atoms with Gasteiger partial charge in [-0.1, -0.05) is 23.2 Å². The standard InChI is InChI=1S/C13H15Cl2N3O4/c1-3-17-13(21)18-11(19)6(2)22-12(20)8-4-7(14)5-9(15)10(8)16/h4-6H,3,16H2,1-2H3,(H2,17,18,19,21)/t6-/m1/s1. The minimum Gasteiger partial charge on any atom is -0.449 e. The van der Waals surface area contributed by atoms with Crippen molar-refractivity contribution in [2.45, 2.75) is 20.0 Å². The van der Waals surface area contributed by atoms with E-state index in [0.29, 0.717) is 6.54 Å². The fourth-order valence-electron chi connectivity index (χ4n) is 1.45. The molecular weight excluding hydrogens is 333 g/mol. The Morgan fingerprint density at radius 3 is 2.55 bits per heavy atom. The number of imide groups is 1. The van der Waals surface area contributed by atoms with Crippen LogP contribution in [0, 0.1) is 0 Å². The number of nitrogen functional groups attached to an aromatic ring is 1. The van der Waals surface area contributed by atoms with E-state index in [9.17, 15) is 14.4 Å². The van der Waals surface area contributed by atoms with Crippen molar-refractivity contribution in [1.29, 1.82) is 0 Å². The molecule has 1 aromatic rings. The van der Waals surface area contributed by atoms with Gasteiger partial charge in [0.15, 0.2) is 6.10 Å². The number of nitrogens with one attached hydrogen (secondary N) is 2. The molecule has 0 saturated heterocycles. The fourth-order valence-corrected chi connectivity index (χ4v) is 1.94. The largest absolute Gasteiger partial charge is 0.449 e. The number of rotatable bonds is 4. The molecule has 0 fully saturated rings. The highest BCUT2D eigenvalue weighted by Crippen LogP contribution is 2.28. The minimum absolute atomic E-state index is 0.00704.